The highest BCUT2D eigenvalue weighted by Crippen LogP contribution is 2.40. The van der Waals surface area contributed by atoms with Crippen LogP contribution >= 0.6 is 0 Å². The molecule has 1 N–H and O–H groups in total. The van der Waals surface area contributed by atoms with E-state index in [1.807, 2.05) is 13.8 Å². The lowest BCUT2D eigenvalue weighted by molar-refractivity contribution is -0.144. The number of carbonyl (C=O) groups excluding carboxylic acids is 1. The van der Waals surface area contributed by atoms with Crippen molar-refractivity contribution in [3.63, 3.8) is 0 Å². The first-order valence-electron chi connectivity index (χ1n) is 10.4. The molecule has 9 heteroatoms. The first-order valence-corrected chi connectivity index (χ1v) is 10.4. The third-order valence-corrected chi connectivity index (χ3v) is 6.01. The lowest BCUT2D eigenvalue weighted by atomic mass is 9.83. The molecule has 1 aromatic heterocycles. The molecule has 31 heavy (non-hydrogen) atoms. The number of aromatic nitrogens is 1. The summed E-state index contributed by atoms with van der Waals surface area (Å²) in [5.41, 5.74) is -0.704. The van der Waals surface area contributed by atoms with E-state index >= 15 is 0 Å². The molecule has 0 aliphatic carbocycles. The molecule has 0 unspecified atom stereocenters. The second-order valence-corrected chi connectivity index (χ2v) is 8.36. The van der Waals surface area contributed by atoms with Gasteiger partial charge in [0.2, 0.25) is 0 Å². The van der Waals surface area contributed by atoms with Crippen molar-refractivity contribution in [3.8, 4) is 5.75 Å². The third-order valence-electron chi connectivity index (χ3n) is 6.01. The van der Waals surface area contributed by atoms with Crippen molar-refractivity contribution in [3.05, 3.63) is 53.1 Å². The number of benzene rings is 1. The van der Waals surface area contributed by atoms with Gasteiger partial charge >= 0.3 is 6.18 Å². The molecule has 5 nitrogen and oxygen atoms in total. The maximum absolute atomic E-state index is 14.5. The molecule has 3 heterocycles. The Kier molecular flexibility index (Phi) is 5.49. The monoisotopic (exact) mass is 441 g/mol. The third kappa shape index (κ3) is 4.03. The molecule has 0 saturated carbocycles. The fourth-order valence-electron chi connectivity index (χ4n) is 4.58. The molecule has 4 rings (SSSR count). The van der Waals surface area contributed by atoms with Gasteiger partial charge in [0.05, 0.1) is 17.2 Å². The molecule has 2 aliphatic rings. The van der Waals surface area contributed by atoms with Crippen LogP contribution in [0.3, 0.4) is 0 Å². The average molecular weight is 441 g/mol. The zero-order valence-electron chi connectivity index (χ0n) is 17.4. The molecule has 1 amide bonds. The van der Waals surface area contributed by atoms with E-state index in [1.165, 1.54) is 22.8 Å². The van der Waals surface area contributed by atoms with Crippen molar-refractivity contribution in [1.29, 1.82) is 0 Å². The van der Waals surface area contributed by atoms with Crippen LogP contribution in [0.1, 0.15) is 49.9 Å². The van der Waals surface area contributed by atoms with Crippen molar-refractivity contribution >= 4 is 5.91 Å². The Hall–Kier alpha value is -2.55. The van der Waals surface area contributed by atoms with Crippen molar-refractivity contribution < 1.29 is 28.5 Å². The normalized spacial score (nSPS) is 18.4. The Morgan fingerprint density at radius 2 is 1.87 bits per heavy atom. The van der Waals surface area contributed by atoms with Gasteiger partial charge in [0, 0.05) is 39.4 Å². The Balaban J connectivity index is 0.00000289. The van der Waals surface area contributed by atoms with Gasteiger partial charge in [-0.05, 0) is 51.0 Å². The molecule has 2 aliphatic heterocycles. The number of carbonyl (C=O) groups is 1. The molecule has 170 valence electrons. The zero-order valence-corrected chi connectivity index (χ0v) is 17.4. The number of halogens is 4. The fraction of sp³-hybridized carbons (Fsp3) is 0.500. The minimum Gasteiger partial charge on any atom is -0.491 e. The molecular formula is C22H27F4N3O2. The molecule has 1 saturated heterocycles. The quantitative estimate of drug-likeness (QED) is 0.718. The standard InChI is InChI=1S/C22H25F4N3O2.H2/c1-14(2)31-15-3-4-16(17(23)13-15)20(30)28-10-7-21(8-11-28)18-5-6-19(22(24,25)26)29(18)12-9-27-21;/h3-6,13-14,27H,7-12H2,1-2H3;1H. The number of piperidine rings is 1. The number of nitrogens with zero attached hydrogens (tertiary/aromatic N) is 2. The van der Waals surface area contributed by atoms with Crippen LogP contribution in [0, 0.1) is 5.82 Å². The Bertz CT molecular complexity index is 982. The van der Waals surface area contributed by atoms with Gasteiger partial charge in [0.1, 0.15) is 17.3 Å². The van der Waals surface area contributed by atoms with Gasteiger partial charge in [-0.3, -0.25) is 4.79 Å². The molecule has 0 bridgehead atoms. The predicted molar refractivity (Wildman–Crippen MR) is 109 cm³/mol. The van der Waals surface area contributed by atoms with E-state index < -0.39 is 29.1 Å². The van der Waals surface area contributed by atoms with E-state index in [9.17, 15) is 22.4 Å². The number of nitrogens with one attached hydrogen (secondary N) is 1. The van der Waals surface area contributed by atoms with Crippen LogP contribution in [-0.4, -0.2) is 41.1 Å². The van der Waals surface area contributed by atoms with Crippen molar-refractivity contribution in [2.45, 2.75) is 51.1 Å². The van der Waals surface area contributed by atoms with E-state index in [1.54, 1.807) is 11.0 Å². The van der Waals surface area contributed by atoms with Crippen LogP contribution in [0.5, 0.6) is 5.75 Å². The number of alkyl halides is 3. The maximum Gasteiger partial charge on any atom is 0.431 e. The van der Waals surface area contributed by atoms with Crippen LogP contribution in [0.4, 0.5) is 17.6 Å². The Morgan fingerprint density at radius 1 is 1.16 bits per heavy atom. The van der Waals surface area contributed by atoms with Gasteiger partial charge in [0.15, 0.2) is 0 Å². The molecule has 2 aromatic rings. The highest BCUT2D eigenvalue weighted by molar-refractivity contribution is 5.94. The summed E-state index contributed by atoms with van der Waals surface area (Å²) in [6.45, 7) is 4.97. The Labute approximate surface area is 179 Å². The number of likely N-dealkylation sites (tertiary alicyclic amines) is 1. The second-order valence-electron chi connectivity index (χ2n) is 8.36. The summed E-state index contributed by atoms with van der Waals surface area (Å²) < 4.78 is 61.3. The molecule has 1 aromatic carbocycles. The minimum absolute atomic E-state index is 0. The molecule has 0 atom stereocenters. The van der Waals surface area contributed by atoms with E-state index in [0.717, 1.165) is 6.07 Å². The summed E-state index contributed by atoms with van der Waals surface area (Å²) >= 11 is 0. The number of ether oxygens (including phenoxy) is 1. The molecule has 0 radical (unpaired) electrons. The maximum atomic E-state index is 14.5. The lowest BCUT2D eigenvalue weighted by Crippen LogP contribution is -2.56. The van der Waals surface area contributed by atoms with Crippen LogP contribution < -0.4 is 10.1 Å². The summed E-state index contributed by atoms with van der Waals surface area (Å²) in [7, 11) is 0. The van der Waals surface area contributed by atoms with E-state index in [4.69, 9.17) is 4.74 Å². The summed E-state index contributed by atoms with van der Waals surface area (Å²) in [4.78, 5) is 14.4. The van der Waals surface area contributed by atoms with Gasteiger partial charge in [-0.1, -0.05) is 0 Å². The highest BCUT2D eigenvalue weighted by Gasteiger charge is 2.44. The van der Waals surface area contributed by atoms with E-state index in [0.29, 0.717) is 43.9 Å². The van der Waals surface area contributed by atoms with Crippen LogP contribution in [0.15, 0.2) is 30.3 Å². The molecular weight excluding hydrogens is 414 g/mol. The van der Waals surface area contributed by atoms with Gasteiger partial charge in [-0.2, -0.15) is 13.2 Å². The first-order chi connectivity index (χ1) is 14.6. The minimum atomic E-state index is -4.41. The zero-order chi connectivity index (χ0) is 22.4. The topological polar surface area (TPSA) is 46.5 Å². The summed E-state index contributed by atoms with van der Waals surface area (Å²) in [5, 5.41) is 3.37. The molecule has 1 fully saturated rings. The summed E-state index contributed by atoms with van der Waals surface area (Å²) in [6, 6.07) is 6.83. The Morgan fingerprint density at radius 3 is 2.48 bits per heavy atom. The number of hydrogen-bond donors (Lipinski definition) is 1. The number of fused-ring (bicyclic) bond motifs is 2. The summed E-state index contributed by atoms with van der Waals surface area (Å²) in [6.07, 6.45) is -3.61. The fourth-order valence-corrected chi connectivity index (χ4v) is 4.58. The van der Waals surface area contributed by atoms with Crippen molar-refractivity contribution in [2.24, 2.45) is 0 Å². The first kappa shape index (κ1) is 21.7. The van der Waals surface area contributed by atoms with Crippen LogP contribution in [-0.2, 0) is 18.3 Å². The lowest BCUT2D eigenvalue weighted by Gasteiger charge is -2.45. The van der Waals surface area contributed by atoms with Gasteiger partial charge < -0.3 is 19.5 Å². The van der Waals surface area contributed by atoms with Gasteiger partial charge in [-0.25, -0.2) is 4.39 Å². The number of rotatable bonds is 3. The van der Waals surface area contributed by atoms with Crippen molar-refractivity contribution in [1.82, 2.24) is 14.8 Å². The average Bonchev–Trinajstić information content (AvgIpc) is 3.14. The number of hydrogen-bond acceptors (Lipinski definition) is 3. The second kappa shape index (κ2) is 7.85. The SMILES string of the molecule is CC(C)Oc1ccc(C(=O)N2CCC3(CC2)NCCn2c(C(F)(F)F)ccc23)c(F)c1.[HH]. The van der Waals surface area contributed by atoms with E-state index in [2.05, 4.69) is 5.32 Å². The number of amides is 1. The van der Waals surface area contributed by atoms with Crippen LogP contribution in [0.2, 0.25) is 0 Å². The predicted octanol–water partition coefficient (Wildman–Crippen LogP) is 4.41. The van der Waals surface area contributed by atoms with Crippen LogP contribution in [0.25, 0.3) is 0 Å². The molecule has 1 spiro atoms. The van der Waals surface area contributed by atoms with Gasteiger partial charge in [-0.15, -0.1) is 0 Å². The summed E-state index contributed by atoms with van der Waals surface area (Å²) in [5.74, 6) is -0.720. The highest BCUT2D eigenvalue weighted by atomic mass is 19.4. The van der Waals surface area contributed by atoms with Gasteiger partial charge in [0.25, 0.3) is 5.91 Å². The smallest absolute Gasteiger partial charge is 0.431 e. The largest absolute Gasteiger partial charge is 0.491 e. The van der Waals surface area contributed by atoms with E-state index in [-0.39, 0.29) is 19.6 Å². The van der Waals surface area contributed by atoms with Crippen molar-refractivity contribution in [2.75, 3.05) is 19.6 Å².